The van der Waals surface area contributed by atoms with Gasteiger partial charge >= 0.3 is 6.09 Å². The monoisotopic (exact) mass is 573 g/mol. The van der Waals surface area contributed by atoms with E-state index in [0.717, 1.165) is 48.9 Å². The molecule has 0 aliphatic heterocycles. The van der Waals surface area contributed by atoms with Gasteiger partial charge in [-0.05, 0) is 87.6 Å². The lowest BCUT2D eigenvalue weighted by Gasteiger charge is -2.51. The summed E-state index contributed by atoms with van der Waals surface area (Å²) >= 11 is 6.47. The second-order valence-corrected chi connectivity index (χ2v) is 12.8. The lowest BCUT2D eigenvalue weighted by atomic mass is 9.58. The molecule has 0 bridgehead atoms. The van der Waals surface area contributed by atoms with Crippen molar-refractivity contribution in [3.8, 4) is 11.1 Å². The van der Waals surface area contributed by atoms with Gasteiger partial charge in [-0.3, -0.25) is 9.78 Å². The largest absolute Gasteiger partial charge is 0.443 e. The fourth-order valence-electron chi connectivity index (χ4n) is 6.70. The predicted octanol–water partition coefficient (Wildman–Crippen LogP) is 7.64. The first-order chi connectivity index (χ1) is 19.6. The van der Waals surface area contributed by atoms with E-state index >= 15 is 0 Å². The Hall–Kier alpha value is -3.38. The van der Waals surface area contributed by atoms with Crippen molar-refractivity contribution in [3.63, 3.8) is 0 Å². The van der Waals surface area contributed by atoms with Crippen molar-refractivity contribution in [2.45, 2.75) is 76.4 Å². The maximum atomic E-state index is 14.1. The molecule has 2 amide bonds. The summed E-state index contributed by atoms with van der Waals surface area (Å²) in [4.78, 5) is 32.4. The summed E-state index contributed by atoms with van der Waals surface area (Å²) < 4.78 is 5.64. The number of rotatable bonds is 9. The lowest BCUT2D eigenvalue weighted by molar-refractivity contribution is -0.0398. The molecule has 2 fully saturated rings. The van der Waals surface area contributed by atoms with E-state index in [0.29, 0.717) is 16.5 Å². The number of nitrogens with zero attached hydrogens (tertiary/aromatic N) is 2. The van der Waals surface area contributed by atoms with Gasteiger partial charge in [0, 0.05) is 46.9 Å². The van der Waals surface area contributed by atoms with Crippen LogP contribution in [-0.2, 0) is 10.2 Å². The van der Waals surface area contributed by atoms with Gasteiger partial charge in [-0.15, -0.1) is 0 Å². The molecule has 2 aromatic carbocycles. The number of hydrogen-bond acceptors (Lipinski definition) is 4. The molecule has 7 heteroatoms. The third-order valence-corrected chi connectivity index (χ3v) is 9.66. The van der Waals surface area contributed by atoms with Crippen LogP contribution in [0.4, 0.5) is 4.79 Å². The molecule has 0 radical (unpaired) electrons. The van der Waals surface area contributed by atoms with Crippen molar-refractivity contribution >= 4 is 23.6 Å². The van der Waals surface area contributed by atoms with Gasteiger partial charge in [0.1, 0.15) is 5.60 Å². The van der Waals surface area contributed by atoms with Gasteiger partial charge in [-0.25, -0.2) is 4.79 Å². The van der Waals surface area contributed by atoms with Crippen LogP contribution >= 0.6 is 11.6 Å². The first kappa shape index (κ1) is 29.1. The zero-order valence-corrected chi connectivity index (χ0v) is 24.9. The number of primary amides is 1. The minimum atomic E-state index is -0.784. The first-order valence-corrected chi connectivity index (χ1v) is 15.0. The fourth-order valence-corrected chi connectivity index (χ4v) is 6.89. The van der Waals surface area contributed by atoms with E-state index in [1.54, 1.807) is 6.20 Å². The summed E-state index contributed by atoms with van der Waals surface area (Å²) in [5.74, 6) is 0.569. The molecular weight excluding hydrogens is 534 g/mol. The standard InChI is InChI=1S/C34H40ClN3O3/c1-23(33(2,3)41-32(36)40)34(28-10-7-11-29(35)19-28)16-14-30(15-17-34)38(22-24-12-13-24)31(39)27-18-26(20-37-21-27)25-8-5-4-6-9-25/h4-11,18-21,23-24,30H,12-17,22H2,1-3H3,(H2,36,40). The van der Waals surface area contributed by atoms with Gasteiger partial charge in [0.25, 0.3) is 5.91 Å². The van der Waals surface area contributed by atoms with Crippen molar-refractivity contribution in [1.29, 1.82) is 0 Å². The number of pyridine rings is 1. The van der Waals surface area contributed by atoms with Gasteiger partial charge in [-0.1, -0.05) is 61.0 Å². The van der Waals surface area contributed by atoms with Gasteiger partial charge in [0.05, 0.1) is 5.56 Å². The highest BCUT2D eigenvalue weighted by Crippen LogP contribution is 2.51. The number of hydrogen-bond donors (Lipinski definition) is 1. The van der Waals surface area contributed by atoms with Crippen molar-refractivity contribution in [1.82, 2.24) is 9.88 Å². The number of aromatic nitrogens is 1. The van der Waals surface area contributed by atoms with Crippen LogP contribution in [0, 0.1) is 11.8 Å². The van der Waals surface area contributed by atoms with E-state index in [4.69, 9.17) is 22.1 Å². The number of halogens is 1. The molecule has 1 unspecified atom stereocenters. The Morgan fingerprint density at radius 2 is 1.73 bits per heavy atom. The highest BCUT2D eigenvalue weighted by molar-refractivity contribution is 6.30. The number of carbonyl (C=O) groups excluding carboxylic acids is 2. The van der Waals surface area contributed by atoms with Gasteiger partial charge in [0.2, 0.25) is 0 Å². The van der Waals surface area contributed by atoms with E-state index in [2.05, 4.69) is 22.9 Å². The molecule has 1 aromatic heterocycles. The van der Waals surface area contributed by atoms with Crippen LogP contribution in [0.25, 0.3) is 11.1 Å². The minimum absolute atomic E-state index is 0.0405. The third kappa shape index (κ3) is 6.43. The minimum Gasteiger partial charge on any atom is -0.443 e. The smallest absolute Gasteiger partial charge is 0.405 e. The van der Waals surface area contributed by atoms with Gasteiger partial charge in [0.15, 0.2) is 0 Å². The SMILES string of the molecule is CC(C(C)(C)OC(N)=O)C1(c2cccc(Cl)c2)CCC(N(CC2CC2)C(=O)c2cncc(-c3ccccc3)c2)CC1. The van der Waals surface area contributed by atoms with Crippen LogP contribution in [0.2, 0.25) is 5.02 Å². The summed E-state index contributed by atoms with van der Waals surface area (Å²) in [5.41, 5.74) is 8.15. The summed E-state index contributed by atoms with van der Waals surface area (Å²) in [6.45, 7) is 6.76. The highest BCUT2D eigenvalue weighted by atomic mass is 35.5. The molecule has 216 valence electrons. The molecule has 3 aromatic rings. The second-order valence-electron chi connectivity index (χ2n) is 12.4. The van der Waals surface area contributed by atoms with E-state index in [9.17, 15) is 9.59 Å². The Bertz CT molecular complexity index is 1380. The van der Waals surface area contributed by atoms with Crippen LogP contribution in [0.5, 0.6) is 0 Å². The topological polar surface area (TPSA) is 85.5 Å². The van der Waals surface area contributed by atoms with E-state index in [1.807, 2.05) is 74.6 Å². The maximum Gasteiger partial charge on any atom is 0.405 e. The molecule has 5 rings (SSSR count). The molecule has 2 saturated carbocycles. The zero-order valence-electron chi connectivity index (χ0n) is 24.2. The molecule has 2 N–H and O–H groups in total. The van der Waals surface area contributed by atoms with Crippen LogP contribution in [0.3, 0.4) is 0 Å². The van der Waals surface area contributed by atoms with Crippen LogP contribution < -0.4 is 5.73 Å². The van der Waals surface area contributed by atoms with Crippen molar-refractivity contribution < 1.29 is 14.3 Å². The maximum absolute atomic E-state index is 14.1. The van der Waals surface area contributed by atoms with E-state index in [1.165, 1.54) is 12.8 Å². The third-order valence-electron chi connectivity index (χ3n) is 9.43. The van der Waals surface area contributed by atoms with Gasteiger partial charge < -0.3 is 15.4 Å². The summed E-state index contributed by atoms with van der Waals surface area (Å²) in [5, 5.41) is 0.682. The molecular formula is C34H40ClN3O3. The van der Waals surface area contributed by atoms with E-state index in [-0.39, 0.29) is 23.3 Å². The van der Waals surface area contributed by atoms with Crippen molar-refractivity contribution in [2.24, 2.45) is 17.6 Å². The number of amides is 2. The van der Waals surface area contributed by atoms with E-state index < -0.39 is 11.7 Å². The van der Waals surface area contributed by atoms with Crippen LogP contribution in [-0.4, -0.2) is 40.1 Å². The average Bonchev–Trinajstić information content (AvgIpc) is 3.79. The van der Waals surface area contributed by atoms with Crippen molar-refractivity contribution in [2.75, 3.05) is 6.54 Å². The molecule has 1 heterocycles. The number of carbonyl (C=O) groups is 2. The highest BCUT2D eigenvalue weighted by Gasteiger charge is 2.49. The summed E-state index contributed by atoms with van der Waals surface area (Å²) in [6.07, 6.45) is 8.42. The Morgan fingerprint density at radius 1 is 1.02 bits per heavy atom. The Balaban J connectivity index is 1.42. The first-order valence-electron chi connectivity index (χ1n) is 14.6. The Kier molecular flexibility index (Phi) is 8.42. The van der Waals surface area contributed by atoms with Crippen molar-refractivity contribution in [3.05, 3.63) is 89.2 Å². The molecule has 2 aliphatic rings. The van der Waals surface area contributed by atoms with Crippen LogP contribution in [0.1, 0.15) is 75.2 Å². The predicted molar refractivity (Wildman–Crippen MR) is 163 cm³/mol. The summed E-state index contributed by atoms with van der Waals surface area (Å²) in [6, 6.07) is 20.1. The Labute approximate surface area is 248 Å². The summed E-state index contributed by atoms with van der Waals surface area (Å²) in [7, 11) is 0. The molecule has 1 atom stereocenters. The number of benzene rings is 2. The molecule has 0 spiro atoms. The average molecular weight is 574 g/mol. The molecule has 6 nitrogen and oxygen atoms in total. The Morgan fingerprint density at radius 3 is 2.37 bits per heavy atom. The van der Waals surface area contributed by atoms with Crippen LogP contribution in [0.15, 0.2) is 73.1 Å². The van der Waals surface area contributed by atoms with Gasteiger partial charge in [-0.2, -0.15) is 0 Å². The molecule has 0 saturated heterocycles. The lowest BCUT2D eigenvalue weighted by Crippen LogP contribution is -2.53. The number of ether oxygens (including phenoxy) is 1. The number of nitrogens with two attached hydrogens (primary N) is 1. The second kappa shape index (κ2) is 11.8. The molecule has 41 heavy (non-hydrogen) atoms. The quantitative estimate of drug-likeness (QED) is 0.285. The normalized spacial score (nSPS) is 21.6. The molecule has 2 aliphatic carbocycles. The fraction of sp³-hybridized carbons (Fsp3) is 0.441. The zero-order chi connectivity index (χ0) is 29.2.